The molecular formula is C21H18N4. The van der Waals surface area contributed by atoms with E-state index in [1.165, 1.54) is 16.3 Å². The first-order chi connectivity index (χ1) is 12.4. The van der Waals surface area contributed by atoms with Crippen molar-refractivity contribution in [2.45, 2.75) is 6.42 Å². The fourth-order valence-corrected chi connectivity index (χ4v) is 2.80. The summed E-state index contributed by atoms with van der Waals surface area (Å²) in [4.78, 5) is 13.1. The van der Waals surface area contributed by atoms with E-state index in [0.29, 0.717) is 0 Å². The molecule has 2 heterocycles. The maximum atomic E-state index is 4.54. The highest BCUT2D eigenvalue weighted by Crippen LogP contribution is 2.22. The molecule has 122 valence electrons. The maximum absolute atomic E-state index is 4.54. The smallest absolute Gasteiger partial charge is 0.144 e. The highest BCUT2D eigenvalue weighted by atomic mass is 15.0. The zero-order valence-electron chi connectivity index (χ0n) is 13.8. The molecule has 0 unspecified atom stereocenters. The number of pyridine rings is 1. The van der Waals surface area contributed by atoms with Crippen molar-refractivity contribution >= 4 is 16.6 Å². The SMILES string of the molecule is c1cncc(CCNc2cnc(-c3ccc4ccccc4c3)cn2)c1. The summed E-state index contributed by atoms with van der Waals surface area (Å²) < 4.78 is 0. The minimum atomic E-state index is 0.786. The number of anilines is 1. The van der Waals surface area contributed by atoms with E-state index in [4.69, 9.17) is 0 Å². The van der Waals surface area contributed by atoms with Gasteiger partial charge < -0.3 is 5.32 Å². The fourth-order valence-electron chi connectivity index (χ4n) is 2.80. The first kappa shape index (κ1) is 15.3. The monoisotopic (exact) mass is 326 g/mol. The zero-order chi connectivity index (χ0) is 16.9. The molecule has 0 aliphatic rings. The normalized spacial score (nSPS) is 10.7. The molecule has 4 rings (SSSR count). The molecule has 0 aliphatic heterocycles. The highest BCUT2D eigenvalue weighted by Gasteiger charge is 2.02. The van der Waals surface area contributed by atoms with Gasteiger partial charge in [-0.25, -0.2) is 4.98 Å². The largest absolute Gasteiger partial charge is 0.368 e. The summed E-state index contributed by atoms with van der Waals surface area (Å²) in [6.07, 6.45) is 8.18. The van der Waals surface area contributed by atoms with Crippen LogP contribution in [0, 0.1) is 0 Å². The fraction of sp³-hybridized carbons (Fsp3) is 0.0952. The lowest BCUT2D eigenvalue weighted by atomic mass is 10.1. The first-order valence-electron chi connectivity index (χ1n) is 8.32. The van der Waals surface area contributed by atoms with Crippen LogP contribution < -0.4 is 5.32 Å². The number of nitrogens with one attached hydrogen (secondary N) is 1. The second-order valence-corrected chi connectivity index (χ2v) is 5.89. The molecule has 0 radical (unpaired) electrons. The molecule has 0 saturated heterocycles. The zero-order valence-corrected chi connectivity index (χ0v) is 13.8. The Labute approximate surface area is 146 Å². The van der Waals surface area contributed by atoms with Crippen LogP contribution in [0.15, 0.2) is 79.4 Å². The van der Waals surface area contributed by atoms with Crippen molar-refractivity contribution in [3.8, 4) is 11.3 Å². The van der Waals surface area contributed by atoms with Crippen LogP contribution in [0.4, 0.5) is 5.82 Å². The van der Waals surface area contributed by atoms with Crippen LogP contribution >= 0.6 is 0 Å². The Morgan fingerprint density at radius 3 is 2.52 bits per heavy atom. The molecule has 2 aromatic heterocycles. The van der Waals surface area contributed by atoms with Crippen molar-refractivity contribution in [2.24, 2.45) is 0 Å². The van der Waals surface area contributed by atoms with Crippen molar-refractivity contribution in [2.75, 3.05) is 11.9 Å². The third kappa shape index (κ3) is 3.63. The Morgan fingerprint density at radius 1 is 0.800 bits per heavy atom. The van der Waals surface area contributed by atoms with Gasteiger partial charge in [-0.1, -0.05) is 42.5 Å². The second kappa shape index (κ2) is 7.09. The molecule has 0 spiro atoms. The van der Waals surface area contributed by atoms with Gasteiger partial charge in [0.2, 0.25) is 0 Å². The third-order valence-corrected chi connectivity index (χ3v) is 4.14. The van der Waals surface area contributed by atoms with Crippen molar-refractivity contribution in [3.63, 3.8) is 0 Å². The lowest BCUT2D eigenvalue weighted by molar-refractivity contribution is 0.989. The highest BCUT2D eigenvalue weighted by molar-refractivity contribution is 5.86. The van der Waals surface area contributed by atoms with Crippen LogP contribution in [0.2, 0.25) is 0 Å². The number of fused-ring (bicyclic) bond motifs is 1. The summed E-state index contributed by atoms with van der Waals surface area (Å²) in [5.41, 5.74) is 3.16. The van der Waals surface area contributed by atoms with Gasteiger partial charge >= 0.3 is 0 Å². The molecule has 4 heteroatoms. The van der Waals surface area contributed by atoms with E-state index in [2.05, 4.69) is 56.7 Å². The summed E-state index contributed by atoms with van der Waals surface area (Å²) in [7, 11) is 0. The predicted octanol–water partition coefficient (Wildman–Crippen LogP) is 4.35. The van der Waals surface area contributed by atoms with E-state index in [9.17, 15) is 0 Å². The van der Waals surface area contributed by atoms with Crippen LogP contribution in [-0.2, 0) is 6.42 Å². The van der Waals surface area contributed by atoms with Crippen molar-refractivity contribution in [3.05, 3.63) is 84.9 Å². The van der Waals surface area contributed by atoms with Crippen molar-refractivity contribution in [1.29, 1.82) is 0 Å². The van der Waals surface area contributed by atoms with Crippen LogP contribution in [0.1, 0.15) is 5.56 Å². The van der Waals surface area contributed by atoms with E-state index in [0.717, 1.165) is 30.0 Å². The van der Waals surface area contributed by atoms with E-state index in [-0.39, 0.29) is 0 Å². The molecule has 0 fully saturated rings. The summed E-state index contributed by atoms with van der Waals surface area (Å²) in [6.45, 7) is 0.801. The molecular weight excluding hydrogens is 308 g/mol. The topological polar surface area (TPSA) is 50.7 Å². The number of benzene rings is 2. The second-order valence-electron chi connectivity index (χ2n) is 5.89. The standard InChI is InChI=1S/C21H18N4/c1-2-6-18-12-19(8-7-17(18)5-1)20-14-25-21(15-24-20)23-11-9-16-4-3-10-22-13-16/h1-8,10,12-15H,9,11H2,(H,23,25). The molecule has 2 aromatic carbocycles. The molecule has 1 N–H and O–H groups in total. The Bertz CT molecular complexity index is 966. The van der Waals surface area contributed by atoms with Gasteiger partial charge in [0.15, 0.2) is 0 Å². The molecule has 0 amide bonds. The molecule has 0 bridgehead atoms. The average molecular weight is 326 g/mol. The summed E-state index contributed by atoms with van der Waals surface area (Å²) in [5.74, 6) is 0.786. The summed E-state index contributed by atoms with van der Waals surface area (Å²) in [6, 6.07) is 18.7. The molecule has 4 aromatic rings. The lowest BCUT2D eigenvalue weighted by Crippen LogP contribution is -2.06. The summed E-state index contributed by atoms with van der Waals surface area (Å²) >= 11 is 0. The predicted molar refractivity (Wildman–Crippen MR) is 101 cm³/mol. The van der Waals surface area contributed by atoms with Gasteiger partial charge in [-0.15, -0.1) is 0 Å². The van der Waals surface area contributed by atoms with Gasteiger partial charge in [0.05, 0.1) is 18.1 Å². The van der Waals surface area contributed by atoms with Gasteiger partial charge in [-0.05, 0) is 34.9 Å². The Hall–Kier alpha value is -3.27. The van der Waals surface area contributed by atoms with Gasteiger partial charge in [-0.3, -0.25) is 9.97 Å². The minimum absolute atomic E-state index is 0.786. The quantitative estimate of drug-likeness (QED) is 0.592. The average Bonchev–Trinajstić information content (AvgIpc) is 2.69. The van der Waals surface area contributed by atoms with Crippen LogP contribution in [0.5, 0.6) is 0 Å². The van der Waals surface area contributed by atoms with Gasteiger partial charge in [0.1, 0.15) is 5.82 Å². The lowest BCUT2D eigenvalue weighted by Gasteiger charge is -2.07. The maximum Gasteiger partial charge on any atom is 0.144 e. The molecule has 25 heavy (non-hydrogen) atoms. The van der Waals surface area contributed by atoms with Crippen LogP contribution in [-0.4, -0.2) is 21.5 Å². The van der Waals surface area contributed by atoms with Crippen LogP contribution in [0.25, 0.3) is 22.0 Å². The first-order valence-corrected chi connectivity index (χ1v) is 8.32. The molecule has 0 atom stereocenters. The number of hydrogen-bond donors (Lipinski definition) is 1. The molecule has 0 aliphatic carbocycles. The van der Waals surface area contributed by atoms with E-state index in [1.807, 2.05) is 30.6 Å². The van der Waals surface area contributed by atoms with Gasteiger partial charge in [-0.2, -0.15) is 0 Å². The van der Waals surface area contributed by atoms with Gasteiger partial charge in [0, 0.05) is 24.5 Å². The number of hydrogen-bond acceptors (Lipinski definition) is 4. The van der Waals surface area contributed by atoms with E-state index in [1.54, 1.807) is 12.4 Å². The van der Waals surface area contributed by atoms with Gasteiger partial charge in [0.25, 0.3) is 0 Å². The molecule has 0 saturated carbocycles. The van der Waals surface area contributed by atoms with Crippen LogP contribution in [0.3, 0.4) is 0 Å². The number of rotatable bonds is 5. The summed E-state index contributed by atoms with van der Waals surface area (Å²) in [5, 5.41) is 5.74. The third-order valence-electron chi connectivity index (χ3n) is 4.14. The number of nitrogens with zero attached hydrogens (tertiary/aromatic N) is 3. The van der Waals surface area contributed by atoms with E-state index >= 15 is 0 Å². The molecule has 4 nitrogen and oxygen atoms in total. The Morgan fingerprint density at radius 2 is 1.72 bits per heavy atom. The Balaban J connectivity index is 1.44. The van der Waals surface area contributed by atoms with Crippen molar-refractivity contribution in [1.82, 2.24) is 15.0 Å². The number of aromatic nitrogens is 3. The van der Waals surface area contributed by atoms with E-state index < -0.39 is 0 Å². The minimum Gasteiger partial charge on any atom is -0.368 e. The van der Waals surface area contributed by atoms with Crippen molar-refractivity contribution < 1.29 is 0 Å². The Kier molecular flexibility index (Phi) is 4.33.